The van der Waals surface area contributed by atoms with Crippen molar-refractivity contribution in [2.45, 2.75) is 41.0 Å². The van der Waals surface area contributed by atoms with Crippen LogP contribution in [0.4, 0.5) is 0 Å². The molecule has 0 aliphatic rings. The molecule has 0 saturated heterocycles. The van der Waals surface area contributed by atoms with Crippen LogP contribution >= 0.6 is 0 Å². The van der Waals surface area contributed by atoms with Gasteiger partial charge in [-0.3, -0.25) is 4.98 Å². The van der Waals surface area contributed by atoms with E-state index in [1.165, 1.54) is 36.4 Å². The molecule has 0 amide bonds. The van der Waals surface area contributed by atoms with Gasteiger partial charge in [0.2, 0.25) is 0 Å². The fourth-order valence-electron chi connectivity index (χ4n) is 4.92. The minimum Gasteiger partial charge on any atom is -0.609 e. The normalized spacial score (nSPS) is 12.5. The van der Waals surface area contributed by atoms with Crippen molar-refractivity contribution in [3.05, 3.63) is 102 Å². The van der Waals surface area contributed by atoms with Crippen molar-refractivity contribution in [2.24, 2.45) is 0 Å². The van der Waals surface area contributed by atoms with Gasteiger partial charge in [0.1, 0.15) is 18.1 Å². The highest BCUT2D eigenvalue weighted by Crippen LogP contribution is 2.30. The summed E-state index contributed by atoms with van der Waals surface area (Å²) in [5.74, 6) is -0.549. The van der Waals surface area contributed by atoms with Crippen molar-refractivity contribution in [1.29, 1.82) is 0 Å². The predicted octanol–water partition coefficient (Wildman–Crippen LogP) is 4.40. The first-order valence-corrected chi connectivity index (χ1v) is 20.2. The zero-order valence-electron chi connectivity index (χ0n) is 28.2. The summed E-state index contributed by atoms with van der Waals surface area (Å²) >= 11 is -1.94. The average Bonchev–Trinajstić information content (AvgIpc) is 3.52. The molecular weight excluding hydrogens is 719 g/mol. The van der Waals surface area contributed by atoms with Crippen molar-refractivity contribution >= 4 is 48.0 Å². The monoisotopic (exact) mass is 755 g/mol. The summed E-state index contributed by atoms with van der Waals surface area (Å²) in [6.45, 7) is 3.72. The molecule has 5 rings (SSSR count). The van der Waals surface area contributed by atoms with Crippen molar-refractivity contribution in [3.8, 4) is 11.5 Å². The van der Waals surface area contributed by atoms with Gasteiger partial charge in [-0.05, 0) is 68.4 Å². The van der Waals surface area contributed by atoms with Gasteiger partial charge in [0.25, 0.3) is 10.0 Å². The van der Waals surface area contributed by atoms with Crippen molar-refractivity contribution in [2.75, 3.05) is 39.3 Å². The van der Waals surface area contributed by atoms with E-state index < -0.39 is 49.4 Å². The van der Waals surface area contributed by atoms with Gasteiger partial charge < -0.3 is 23.5 Å². The van der Waals surface area contributed by atoms with E-state index in [2.05, 4.69) is 9.97 Å². The van der Waals surface area contributed by atoms with Crippen LogP contribution in [0.25, 0.3) is 11.0 Å². The number of carbonyl (C=O) groups excluding carboxylic acids is 1. The zero-order chi connectivity index (χ0) is 36.6. The van der Waals surface area contributed by atoms with Crippen LogP contribution in [0.2, 0.25) is 0 Å². The molecule has 0 saturated carbocycles. The Bertz CT molecular complexity index is 2190. The summed E-state index contributed by atoms with van der Waals surface area (Å²) in [7, 11) is -6.35. The average molecular weight is 756 g/mol. The van der Waals surface area contributed by atoms with Gasteiger partial charge >= 0.3 is 11.1 Å². The van der Waals surface area contributed by atoms with Crippen molar-refractivity contribution in [1.82, 2.24) is 13.9 Å². The number of esters is 1. The quantitative estimate of drug-likeness (QED) is 0.0744. The van der Waals surface area contributed by atoms with Crippen LogP contribution in [-0.4, -0.2) is 80.6 Å². The summed E-state index contributed by atoms with van der Waals surface area (Å²) in [6.07, 6.45) is 2.23. The first kappa shape index (κ1) is 37.8. The second-order valence-electron chi connectivity index (χ2n) is 11.3. The smallest absolute Gasteiger partial charge is 0.344 e. The number of carbonyl (C=O) groups is 1. The number of methoxy groups -OCH3 is 1. The Morgan fingerprint density at radius 2 is 1.57 bits per heavy atom. The minimum atomic E-state index is -4.33. The maximum absolute atomic E-state index is 14.1. The molecule has 0 aliphatic heterocycles. The number of nitrogens with zero attached hydrogens (tertiary/aromatic N) is 3. The van der Waals surface area contributed by atoms with E-state index in [1.54, 1.807) is 62.7 Å². The first-order chi connectivity index (χ1) is 24.4. The molecular formula is C35H37N3O10S3. The van der Waals surface area contributed by atoms with E-state index in [4.69, 9.17) is 18.9 Å². The van der Waals surface area contributed by atoms with Gasteiger partial charge in [-0.25, -0.2) is 21.6 Å². The SMILES string of the molecule is COCCCOc1ccnc(C[S+]([O-])c2nc3ccccc3n2S(=O)(=O)c2ccc(OCC(=O)OCCS(=O)(=O)c3ccc(C)cc3)cc2)c1C. The highest BCUT2D eigenvalue weighted by atomic mass is 32.2. The number of fused-ring (bicyclic) bond motifs is 1. The number of benzene rings is 3. The summed E-state index contributed by atoms with van der Waals surface area (Å²) < 4.78 is 89.3. The van der Waals surface area contributed by atoms with Gasteiger partial charge in [0, 0.05) is 43.1 Å². The fraction of sp³-hybridized carbons (Fsp3) is 0.286. The van der Waals surface area contributed by atoms with Crippen LogP contribution in [0, 0.1) is 13.8 Å². The van der Waals surface area contributed by atoms with Crippen LogP contribution < -0.4 is 9.47 Å². The molecule has 0 radical (unpaired) electrons. The number of hydrogen-bond donors (Lipinski definition) is 0. The molecule has 1 atom stereocenters. The molecule has 0 bridgehead atoms. The largest absolute Gasteiger partial charge is 0.609 e. The van der Waals surface area contributed by atoms with Gasteiger partial charge in [-0.2, -0.15) is 8.96 Å². The van der Waals surface area contributed by atoms with E-state index in [1.807, 2.05) is 6.92 Å². The lowest BCUT2D eigenvalue weighted by Crippen LogP contribution is -2.21. The fourth-order valence-corrected chi connectivity index (χ4v) is 9.05. The highest BCUT2D eigenvalue weighted by molar-refractivity contribution is 7.93. The van der Waals surface area contributed by atoms with Crippen molar-refractivity contribution < 1.29 is 45.1 Å². The predicted molar refractivity (Wildman–Crippen MR) is 190 cm³/mol. The van der Waals surface area contributed by atoms with Crippen LogP contribution in [0.15, 0.2) is 100 Å². The molecule has 0 N–H and O–H groups in total. The minimum absolute atomic E-state index is 0.110. The van der Waals surface area contributed by atoms with E-state index in [0.717, 1.165) is 9.54 Å². The van der Waals surface area contributed by atoms with E-state index >= 15 is 0 Å². The van der Waals surface area contributed by atoms with E-state index in [-0.39, 0.29) is 38.6 Å². The number of ether oxygens (including phenoxy) is 4. The maximum atomic E-state index is 14.1. The third kappa shape index (κ3) is 9.25. The Morgan fingerprint density at radius 1 is 0.863 bits per heavy atom. The summed E-state index contributed by atoms with van der Waals surface area (Å²) in [6, 6.07) is 20.0. The molecule has 16 heteroatoms. The van der Waals surface area contributed by atoms with Crippen LogP contribution in [0.3, 0.4) is 0 Å². The molecule has 2 aromatic heterocycles. The summed E-state index contributed by atoms with van der Waals surface area (Å²) in [4.78, 5) is 21.1. The number of para-hydroxylation sites is 2. The van der Waals surface area contributed by atoms with Gasteiger partial charge in [-0.1, -0.05) is 29.8 Å². The number of aromatic nitrogens is 3. The number of imidazole rings is 1. The molecule has 0 aliphatic carbocycles. The summed E-state index contributed by atoms with van der Waals surface area (Å²) in [5, 5.41) is -0.170. The Hall–Kier alpha value is -4.48. The van der Waals surface area contributed by atoms with Crippen molar-refractivity contribution in [3.63, 3.8) is 0 Å². The van der Waals surface area contributed by atoms with Crippen LogP contribution in [0.5, 0.6) is 11.5 Å². The molecule has 2 heterocycles. The Labute approximate surface area is 299 Å². The molecule has 270 valence electrons. The number of sulfone groups is 1. The van der Waals surface area contributed by atoms with Crippen LogP contribution in [0.1, 0.15) is 23.2 Å². The zero-order valence-corrected chi connectivity index (χ0v) is 30.6. The van der Waals surface area contributed by atoms with E-state index in [0.29, 0.717) is 42.2 Å². The Balaban J connectivity index is 1.26. The highest BCUT2D eigenvalue weighted by Gasteiger charge is 2.32. The van der Waals surface area contributed by atoms with Gasteiger partial charge in [0.15, 0.2) is 22.2 Å². The standard InChI is InChI=1S/C35H37N3O10S3/c1-25-9-13-28(14-10-25)50(41,42)22-21-47-34(39)23-48-27-11-15-29(16-12-27)51(43,44)38-32-8-5-4-7-30(32)37-35(38)49(40)24-31-26(2)33(17-18-36-31)46-20-6-19-45-3/h4-5,7-18H,6,19-24H2,1-3H3. The molecule has 1 unspecified atom stereocenters. The number of hydrogen-bond acceptors (Lipinski definition) is 12. The maximum Gasteiger partial charge on any atom is 0.344 e. The molecule has 5 aromatic rings. The lowest BCUT2D eigenvalue weighted by molar-refractivity contribution is -0.145. The van der Waals surface area contributed by atoms with Gasteiger partial charge in [0.05, 0.1) is 38.9 Å². The molecule has 13 nitrogen and oxygen atoms in total. The molecule has 51 heavy (non-hydrogen) atoms. The number of rotatable bonds is 17. The Kier molecular flexibility index (Phi) is 12.4. The Morgan fingerprint density at radius 3 is 2.29 bits per heavy atom. The molecule has 0 spiro atoms. The van der Waals surface area contributed by atoms with E-state index in [9.17, 15) is 26.2 Å². The number of aryl methyl sites for hydroxylation is 1. The van der Waals surface area contributed by atoms with Gasteiger partial charge in [-0.15, -0.1) is 0 Å². The third-order valence-electron chi connectivity index (χ3n) is 7.68. The topological polar surface area (TPSA) is 176 Å². The number of pyridine rings is 1. The second kappa shape index (κ2) is 16.7. The second-order valence-corrected chi connectivity index (χ2v) is 16.6. The molecule has 0 fully saturated rings. The lowest BCUT2D eigenvalue weighted by atomic mass is 10.2. The van der Waals surface area contributed by atoms with Crippen LogP contribution in [-0.2, 0) is 51.1 Å². The lowest BCUT2D eigenvalue weighted by Gasteiger charge is -2.15. The first-order valence-electron chi connectivity index (χ1n) is 15.8. The third-order valence-corrected chi connectivity index (χ3v) is 12.4. The molecule has 3 aromatic carbocycles. The summed E-state index contributed by atoms with van der Waals surface area (Å²) in [5.41, 5.74) is 2.66.